The summed E-state index contributed by atoms with van der Waals surface area (Å²) in [6.07, 6.45) is 3.60. The van der Waals surface area contributed by atoms with Crippen LogP contribution in [0.4, 0.5) is 0 Å². The molecule has 4 N–H and O–H groups in total. The molecule has 116 valence electrons. The summed E-state index contributed by atoms with van der Waals surface area (Å²) in [5.41, 5.74) is 5.49. The highest BCUT2D eigenvalue weighted by atomic mass is 16.5. The fourth-order valence-corrected chi connectivity index (χ4v) is 0.497. The number of hydrogen-bond donors (Lipinski definition) is 3. The topological polar surface area (TPSA) is 110 Å². The van der Waals surface area contributed by atoms with E-state index in [2.05, 4.69) is 6.92 Å². The van der Waals surface area contributed by atoms with Crippen molar-refractivity contribution in [3.8, 4) is 0 Å². The summed E-state index contributed by atoms with van der Waals surface area (Å²) >= 11 is 0. The third kappa shape index (κ3) is 38.3. The molecule has 0 aliphatic heterocycles. The Morgan fingerprint density at radius 1 is 1.05 bits per heavy atom. The molecule has 1 unspecified atom stereocenters. The van der Waals surface area contributed by atoms with E-state index in [1.54, 1.807) is 13.8 Å². The van der Waals surface area contributed by atoms with Crippen molar-refractivity contribution in [2.24, 2.45) is 5.73 Å². The minimum atomic E-state index is -0.745. The Kier molecular flexibility index (Phi) is 23.2. The third-order valence-corrected chi connectivity index (χ3v) is 1.84. The summed E-state index contributed by atoms with van der Waals surface area (Å²) in [7, 11) is 0. The van der Waals surface area contributed by atoms with Crippen LogP contribution in [0.2, 0.25) is 0 Å². The predicted octanol–water partition coefficient (Wildman–Crippen LogP) is 2.46. The molecule has 0 rings (SSSR count). The van der Waals surface area contributed by atoms with Crippen LogP contribution in [0.25, 0.3) is 0 Å². The van der Waals surface area contributed by atoms with Crippen molar-refractivity contribution in [3.63, 3.8) is 0 Å². The van der Waals surface area contributed by atoms with E-state index in [0.29, 0.717) is 0 Å². The van der Waals surface area contributed by atoms with Crippen molar-refractivity contribution < 1.29 is 24.5 Å². The number of aliphatic carboxylic acids is 2. The maximum Gasteiger partial charge on any atom is 0.303 e. The number of rotatable bonds is 7. The zero-order valence-corrected chi connectivity index (χ0v) is 12.5. The smallest absolute Gasteiger partial charge is 0.303 e. The Bertz CT molecular complexity index is 195. The second-order valence-electron chi connectivity index (χ2n) is 3.67. The summed E-state index contributed by atoms with van der Waals surface area (Å²) in [6, 6.07) is 0. The van der Waals surface area contributed by atoms with Gasteiger partial charge in [-0.2, -0.15) is 0 Å². The van der Waals surface area contributed by atoms with E-state index in [4.69, 9.17) is 20.7 Å². The molecule has 0 aromatic rings. The summed E-state index contributed by atoms with van der Waals surface area (Å²) in [5.74, 6) is -1.49. The Morgan fingerprint density at radius 2 is 1.42 bits per heavy atom. The van der Waals surface area contributed by atoms with Crippen molar-refractivity contribution in [3.05, 3.63) is 0 Å². The molecule has 0 aliphatic rings. The van der Waals surface area contributed by atoms with Crippen molar-refractivity contribution >= 4 is 11.9 Å². The van der Waals surface area contributed by atoms with Crippen molar-refractivity contribution in [1.29, 1.82) is 0 Å². The molecule has 0 amide bonds. The van der Waals surface area contributed by atoms with Crippen LogP contribution in [0.1, 0.15) is 59.8 Å². The SMILES string of the molecule is CCC(=O)O.CCC(=O)O.CCCCOC(N)CC. The van der Waals surface area contributed by atoms with Gasteiger partial charge in [0.1, 0.15) is 6.23 Å². The molecule has 19 heavy (non-hydrogen) atoms. The third-order valence-electron chi connectivity index (χ3n) is 1.84. The van der Waals surface area contributed by atoms with Gasteiger partial charge in [0.15, 0.2) is 0 Å². The standard InChI is InChI=1S/C7H17NO.2C3H6O2/c1-3-5-6-9-7(8)4-2;2*1-2-3(4)5/h7H,3-6,8H2,1-2H3;2*2H2,1H3,(H,4,5). The molecule has 0 spiro atoms. The first-order valence-electron chi connectivity index (χ1n) is 6.66. The number of nitrogens with two attached hydrogens (primary N) is 1. The van der Waals surface area contributed by atoms with Gasteiger partial charge in [0.05, 0.1) is 0 Å². The van der Waals surface area contributed by atoms with E-state index < -0.39 is 11.9 Å². The van der Waals surface area contributed by atoms with E-state index in [-0.39, 0.29) is 19.1 Å². The highest BCUT2D eigenvalue weighted by Gasteiger charge is 1.95. The van der Waals surface area contributed by atoms with Gasteiger partial charge in [-0.15, -0.1) is 0 Å². The minimum Gasteiger partial charge on any atom is -0.481 e. The first kappa shape index (κ1) is 23.0. The van der Waals surface area contributed by atoms with Crippen LogP contribution < -0.4 is 5.73 Å². The molecule has 0 radical (unpaired) electrons. The van der Waals surface area contributed by atoms with Gasteiger partial charge >= 0.3 is 11.9 Å². The number of carbonyl (C=O) groups is 2. The van der Waals surface area contributed by atoms with Crippen LogP contribution >= 0.6 is 0 Å². The van der Waals surface area contributed by atoms with E-state index in [0.717, 1.165) is 19.4 Å². The van der Waals surface area contributed by atoms with Gasteiger partial charge < -0.3 is 20.7 Å². The highest BCUT2D eigenvalue weighted by molar-refractivity contribution is 5.66. The van der Waals surface area contributed by atoms with Crippen LogP contribution in [0.15, 0.2) is 0 Å². The molecule has 0 fully saturated rings. The summed E-state index contributed by atoms with van der Waals surface area (Å²) in [6.45, 7) is 8.17. The Balaban J connectivity index is -0.000000219. The second kappa shape index (κ2) is 19.2. The highest BCUT2D eigenvalue weighted by Crippen LogP contribution is 1.92. The van der Waals surface area contributed by atoms with Gasteiger partial charge in [-0.25, -0.2) is 0 Å². The zero-order valence-electron chi connectivity index (χ0n) is 12.5. The lowest BCUT2D eigenvalue weighted by atomic mass is 10.3. The van der Waals surface area contributed by atoms with Crippen LogP contribution in [-0.2, 0) is 14.3 Å². The molecule has 6 heteroatoms. The maximum atomic E-state index is 9.37. The molecule has 0 aromatic carbocycles. The lowest BCUT2D eigenvalue weighted by molar-refractivity contribution is -0.137. The number of ether oxygens (including phenoxy) is 1. The molecular weight excluding hydrogens is 250 g/mol. The minimum absolute atomic E-state index is 0.0449. The molecule has 0 heterocycles. The molecule has 1 atom stereocenters. The average molecular weight is 279 g/mol. The van der Waals surface area contributed by atoms with Crippen LogP contribution in [-0.4, -0.2) is 35.0 Å². The van der Waals surface area contributed by atoms with Crippen molar-refractivity contribution in [1.82, 2.24) is 0 Å². The van der Waals surface area contributed by atoms with Gasteiger partial charge in [-0.05, 0) is 12.8 Å². The van der Waals surface area contributed by atoms with Crippen molar-refractivity contribution in [2.45, 2.75) is 66.0 Å². The van der Waals surface area contributed by atoms with Crippen LogP contribution in [0.5, 0.6) is 0 Å². The molecule has 6 nitrogen and oxygen atoms in total. The summed E-state index contributed by atoms with van der Waals surface area (Å²) in [4.78, 5) is 18.7. The number of hydrogen-bond acceptors (Lipinski definition) is 4. The molecule has 0 saturated heterocycles. The van der Waals surface area contributed by atoms with Gasteiger partial charge in [0.2, 0.25) is 0 Å². The largest absolute Gasteiger partial charge is 0.481 e. The number of carboxylic acids is 2. The predicted molar refractivity (Wildman–Crippen MR) is 75.0 cm³/mol. The van der Waals surface area contributed by atoms with E-state index in [1.807, 2.05) is 6.92 Å². The number of carboxylic acid groups (broad SMARTS) is 2. The Labute approximate surface area is 115 Å². The zero-order chi connectivity index (χ0) is 15.7. The summed E-state index contributed by atoms with van der Waals surface area (Å²) < 4.78 is 5.21. The lowest BCUT2D eigenvalue weighted by Gasteiger charge is -2.08. The van der Waals surface area contributed by atoms with Crippen LogP contribution in [0, 0.1) is 0 Å². The van der Waals surface area contributed by atoms with Gasteiger partial charge in [-0.3, -0.25) is 9.59 Å². The Hall–Kier alpha value is -1.14. The Morgan fingerprint density at radius 3 is 1.63 bits per heavy atom. The van der Waals surface area contributed by atoms with Crippen molar-refractivity contribution in [2.75, 3.05) is 6.61 Å². The normalized spacial score (nSPS) is 10.4. The lowest BCUT2D eigenvalue weighted by Crippen LogP contribution is -2.22. The molecule has 0 aromatic heterocycles. The van der Waals surface area contributed by atoms with Crippen LogP contribution in [0.3, 0.4) is 0 Å². The molecule has 0 saturated carbocycles. The molecular formula is C13H29NO5. The van der Waals surface area contributed by atoms with E-state index >= 15 is 0 Å². The quantitative estimate of drug-likeness (QED) is 0.488. The fraction of sp³-hybridized carbons (Fsp3) is 0.846. The monoisotopic (exact) mass is 279 g/mol. The van der Waals surface area contributed by atoms with Gasteiger partial charge in [-0.1, -0.05) is 34.1 Å². The first-order valence-corrected chi connectivity index (χ1v) is 6.66. The van der Waals surface area contributed by atoms with E-state index in [1.165, 1.54) is 6.42 Å². The number of unbranched alkanes of at least 4 members (excludes halogenated alkanes) is 1. The van der Waals surface area contributed by atoms with Gasteiger partial charge in [0, 0.05) is 19.4 Å². The maximum absolute atomic E-state index is 9.37. The average Bonchev–Trinajstić information content (AvgIpc) is 2.40. The molecule has 0 aliphatic carbocycles. The van der Waals surface area contributed by atoms with E-state index in [9.17, 15) is 9.59 Å². The van der Waals surface area contributed by atoms with Gasteiger partial charge in [0.25, 0.3) is 0 Å². The fourth-order valence-electron chi connectivity index (χ4n) is 0.497. The summed E-state index contributed by atoms with van der Waals surface area (Å²) in [5, 5.41) is 15.4. The first-order chi connectivity index (χ1) is 8.85. The molecule has 0 bridgehead atoms. The second-order valence-corrected chi connectivity index (χ2v) is 3.67.